The number of likely N-dealkylation sites (tertiary alicyclic amines) is 1. The molecule has 4 nitrogen and oxygen atoms in total. The van der Waals surface area contributed by atoms with Crippen molar-refractivity contribution in [2.75, 3.05) is 13.1 Å². The molecule has 4 heteroatoms. The van der Waals surface area contributed by atoms with E-state index in [1.165, 1.54) is 0 Å². The highest BCUT2D eigenvalue weighted by Gasteiger charge is 2.48. The fourth-order valence-electron chi connectivity index (χ4n) is 5.50. The van der Waals surface area contributed by atoms with Gasteiger partial charge >= 0.3 is 0 Å². The van der Waals surface area contributed by atoms with Crippen molar-refractivity contribution in [1.82, 2.24) is 10.2 Å². The van der Waals surface area contributed by atoms with E-state index >= 15 is 0 Å². The van der Waals surface area contributed by atoms with Crippen molar-refractivity contribution >= 4 is 5.91 Å². The van der Waals surface area contributed by atoms with Crippen LogP contribution in [0.4, 0.5) is 0 Å². The first-order chi connectivity index (χ1) is 11.6. The molecule has 0 aromatic heterocycles. The third-order valence-electron chi connectivity index (χ3n) is 7.29. The largest absolute Gasteiger partial charge is 0.389 e. The molecule has 1 amide bonds. The van der Waals surface area contributed by atoms with Crippen molar-refractivity contribution in [1.29, 1.82) is 0 Å². The number of aliphatic hydroxyl groups is 1. The van der Waals surface area contributed by atoms with Gasteiger partial charge in [-0.25, -0.2) is 0 Å². The molecule has 2 N–H and O–H groups in total. The molecule has 2 atom stereocenters. The van der Waals surface area contributed by atoms with Gasteiger partial charge in [-0.15, -0.1) is 0 Å². The van der Waals surface area contributed by atoms with Crippen LogP contribution in [0.3, 0.4) is 0 Å². The molecule has 3 fully saturated rings. The minimum absolute atomic E-state index is 0.115. The Hall–Kier alpha value is -0.610. The molecular formula is C21H38N2O2. The van der Waals surface area contributed by atoms with E-state index in [4.69, 9.17) is 0 Å². The minimum atomic E-state index is -0.542. The van der Waals surface area contributed by atoms with Gasteiger partial charge in [0.15, 0.2) is 0 Å². The van der Waals surface area contributed by atoms with Crippen LogP contribution in [-0.2, 0) is 4.79 Å². The summed E-state index contributed by atoms with van der Waals surface area (Å²) < 4.78 is 0. The maximum atomic E-state index is 12.1. The molecule has 25 heavy (non-hydrogen) atoms. The number of nitrogens with zero attached hydrogens (tertiary/aromatic N) is 1. The molecule has 1 saturated carbocycles. The molecule has 0 unspecified atom stereocenters. The highest BCUT2D eigenvalue weighted by Crippen LogP contribution is 2.43. The molecule has 0 bridgehead atoms. The summed E-state index contributed by atoms with van der Waals surface area (Å²) in [5.74, 6) is 0.927. The fourth-order valence-corrected chi connectivity index (χ4v) is 5.50. The maximum absolute atomic E-state index is 12.1. The van der Waals surface area contributed by atoms with Crippen LogP contribution in [-0.4, -0.2) is 46.2 Å². The van der Waals surface area contributed by atoms with Crippen molar-refractivity contribution in [3.63, 3.8) is 0 Å². The number of carbonyl (C=O) groups is 1. The summed E-state index contributed by atoms with van der Waals surface area (Å²) in [6, 6.07) is 0.376. The van der Waals surface area contributed by atoms with Crippen LogP contribution in [0.1, 0.15) is 85.5 Å². The minimum Gasteiger partial charge on any atom is -0.389 e. The first-order valence-corrected chi connectivity index (χ1v) is 10.4. The number of amides is 1. The highest BCUT2D eigenvalue weighted by atomic mass is 16.3. The van der Waals surface area contributed by atoms with E-state index in [-0.39, 0.29) is 11.4 Å². The van der Waals surface area contributed by atoms with Gasteiger partial charge in [-0.05, 0) is 63.2 Å². The molecule has 0 radical (unpaired) electrons. The molecule has 2 heterocycles. The van der Waals surface area contributed by atoms with E-state index in [0.29, 0.717) is 17.9 Å². The quantitative estimate of drug-likeness (QED) is 0.802. The molecule has 1 aliphatic carbocycles. The van der Waals surface area contributed by atoms with Gasteiger partial charge in [-0.1, -0.05) is 27.2 Å². The number of hydrogen-bond donors (Lipinski definition) is 2. The van der Waals surface area contributed by atoms with E-state index < -0.39 is 5.60 Å². The van der Waals surface area contributed by atoms with E-state index in [1.807, 2.05) is 0 Å². The third kappa shape index (κ3) is 4.21. The van der Waals surface area contributed by atoms with Crippen molar-refractivity contribution < 1.29 is 9.90 Å². The van der Waals surface area contributed by atoms with E-state index in [0.717, 1.165) is 70.4 Å². The second kappa shape index (κ2) is 6.84. The van der Waals surface area contributed by atoms with Gasteiger partial charge in [0, 0.05) is 25.6 Å². The second-order valence-electron chi connectivity index (χ2n) is 10.3. The Bertz CT molecular complexity index is 491. The average molecular weight is 351 g/mol. The number of carbonyl (C=O) groups excluding carboxylic acids is 1. The number of fused-ring (bicyclic) bond motifs is 1. The summed E-state index contributed by atoms with van der Waals surface area (Å²) in [7, 11) is 0. The second-order valence-corrected chi connectivity index (χ2v) is 10.3. The van der Waals surface area contributed by atoms with Crippen LogP contribution < -0.4 is 5.32 Å². The Morgan fingerprint density at radius 2 is 1.84 bits per heavy atom. The van der Waals surface area contributed by atoms with Crippen molar-refractivity contribution in [3.8, 4) is 0 Å². The number of β-amino-alcohol motifs (C(OH)–C–C–N with tert-alkyl or cyclic N) is 1. The van der Waals surface area contributed by atoms with Crippen molar-refractivity contribution in [3.05, 3.63) is 0 Å². The molecular weight excluding hydrogens is 312 g/mol. The lowest BCUT2D eigenvalue weighted by molar-refractivity contribution is -0.124. The van der Waals surface area contributed by atoms with Gasteiger partial charge in [-0.3, -0.25) is 9.69 Å². The van der Waals surface area contributed by atoms with Gasteiger partial charge in [0.05, 0.1) is 11.1 Å². The zero-order chi connectivity index (χ0) is 18.3. The monoisotopic (exact) mass is 350 g/mol. The third-order valence-corrected chi connectivity index (χ3v) is 7.29. The summed E-state index contributed by atoms with van der Waals surface area (Å²) in [6.07, 6.45) is 9.02. The lowest BCUT2D eigenvalue weighted by Crippen LogP contribution is -2.57. The molecule has 3 aliphatic rings. The first-order valence-electron chi connectivity index (χ1n) is 10.4. The molecule has 0 aromatic carbocycles. The lowest BCUT2D eigenvalue weighted by atomic mass is 9.68. The molecule has 2 saturated heterocycles. The van der Waals surface area contributed by atoms with Gasteiger partial charge in [0.2, 0.25) is 5.91 Å². The van der Waals surface area contributed by atoms with E-state index in [1.54, 1.807) is 0 Å². The topological polar surface area (TPSA) is 52.6 Å². The normalized spacial score (nSPS) is 40.9. The average Bonchev–Trinajstić information content (AvgIpc) is 2.76. The Labute approximate surface area is 153 Å². The van der Waals surface area contributed by atoms with Crippen molar-refractivity contribution in [2.24, 2.45) is 11.3 Å². The maximum Gasteiger partial charge on any atom is 0.220 e. The zero-order valence-electron chi connectivity index (χ0n) is 16.7. The molecule has 0 spiro atoms. The summed E-state index contributed by atoms with van der Waals surface area (Å²) in [4.78, 5) is 14.6. The van der Waals surface area contributed by atoms with Crippen LogP contribution in [0.25, 0.3) is 0 Å². The SMILES string of the molecule is CC(C)(C)C1CCC(O)(CN2CC[C@]3(C)NC(=O)CCCC[C@H]23)CC1. The van der Waals surface area contributed by atoms with E-state index in [2.05, 4.69) is 37.9 Å². The fraction of sp³-hybridized carbons (Fsp3) is 0.952. The Morgan fingerprint density at radius 1 is 1.16 bits per heavy atom. The smallest absolute Gasteiger partial charge is 0.220 e. The standard InChI is InChI=1S/C21H38N2O2/c1-19(2,3)16-9-11-21(25,12-10-16)15-23-14-13-20(4)17(23)7-5-6-8-18(24)22-20/h16-17,25H,5-15H2,1-4H3,(H,22,24)/t16?,17-,20-,21?/m0/s1. The summed E-state index contributed by atoms with van der Waals surface area (Å²) in [6.45, 7) is 11.0. The number of nitrogens with one attached hydrogen (secondary N) is 1. The molecule has 144 valence electrons. The van der Waals surface area contributed by atoms with Crippen molar-refractivity contribution in [2.45, 2.75) is 103 Å². The molecule has 2 aliphatic heterocycles. The molecule has 3 rings (SSSR count). The van der Waals surface area contributed by atoms with Crippen LogP contribution in [0, 0.1) is 11.3 Å². The first kappa shape index (κ1) is 19.2. The van der Waals surface area contributed by atoms with Gasteiger partial charge in [0.1, 0.15) is 0 Å². The molecule has 0 aromatic rings. The van der Waals surface area contributed by atoms with Gasteiger partial charge in [-0.2, -0.15) is 0 Å². The summed E-state index contributed by atoms with van der Waals surface area (Å²) in [5.41, 5.74) is -0.312. The summed E-state index contributed by atoms with van der Waals surface area (Å²) >= 11 is 0. The zero-order valence-corrected chi connectivity index (χ0v) is 16.7. The number of rotatable bonds is 2. The van der Waals surface area contributed by atoms with Crippen LogP contribution >= 0.6 is 0 Å². The summed E-state index contributed by atoms with van der Waals surface area (Å²) in [5, 5.41) is 14.5. The lowest BCUT2D eigenvalue weighted by Gasteiger charge is -2.45. The van der Waals surface area contributed by atoms with Crippen LogP contribution in [0.2, 0.25) is 0 Å². The van der Waals surface area contributed by atoms with Crippen LogP contribution in [0.5, 0.6) is 0 Å². The number of hydrogen-bond acceptors (Lipinski definition) is 3. The predicted octanol–water partition coefficient (Wildman–Crippen LogP) is 3.48. The Morgan fingerprint density at radius 3 is 2.48 bits per heavy atom. The Balaban J connectivity index is 1.64. The predicted molar refractivity (Wildman–Crippen MR) is 101 cm³/mol. The highest BCUT2D eigenvalue weighted by molar-refractivity contribution is 5.77. The Kier molecular flexibility index (Phi) is 5.25. The van der Waals surface area contributed by atoms with Gasteiger partial charge in [0.25, 0.3) is 0 Å². The van der Waals surface area contributed by atoms with Crippen LogP contribution in [0.15, 0.2) is 0 Å². The van der Waals surface area contributed by atoms with E-state index in [9.17, 15) is 9.90 Å². The van der Waals surface area contributed by atoms with Gasteiger partial charge < -0.3 is 10.4 Å².